The molecule has 5 heterocycles. The number of aromatic nitrogens is 3. The second-order valence-electron chi connectivity index (χ2n) is 9.09. The summed E-state index contributed by atoms with van der Waals surface area (Å²) in [4.78, 5) is 26.3. The van der Waals surface area contributed by atoms with Crippen molar-refractivity contribution in [2.45, 2.75) is 61.8 Å². The van der Waals surface area contributed by atoms with Crippen molar-refractivity contribution >= 4 is 34.5 Å². The number of rotatable bonds is 9. The number of aliphatic hydroxyl groups excluding tert-OH is 1. The molecule has 5 rings (SSSR count). The van der Waals surface area contributed by atoms with Gasteiger partial charge in [-0.2, -0.15) is 0 Å². The van der Waals surface area contributed by atoms with Crippen molar-refractivity contribution < 1.29 is 19.4 Å². The van der Waals surface area contributed by atoms with Crippen LogP contribution < -0.4 is 15.4 Å². The topological polar surface area (TPSA) is 118 Å². The van der Waals surface area contributed by atoms with Gasteiger partial charge in [0.05, 0.1) is 46.7 Å². The second kappa shape index (κ2) is 11.5. The number of fused-ring (bicyclic) bond motifs is 2. The molecular formula is C26H31N5O4S. The third-order valence-electron chi connectivity index (χ3n) is 6.69. The lowest BCUT2D eigenvalue weighted by Gasteiger charge is -2.37. The van der Waals surface area contributed by atoms with Crippen LogP contribution in [0.5, 0.6) is 5.88 Å². The van der Waals surface area contributed by atoms with Crippen LogP contribution in [-0.4, -0.2) is 63.7 Å². The molecule has 3 N–H and O–H groups in total. The monoisotopic (exact) mass is 509 g/mol. The van der Waals surface area contributed by atoms with Gasteiger partial charge in [-0.1, -0.05) is 0 Å². The Morgan fingerprint density at radius 3 is 2.97 bits per heavy atom. The molecule has 1 fully saturated rings. The predicted octanol–water partition coefficient (Wildman–Crippen LogP) is 3.10. The number of hydrogen-bond donors (Lipinski definition) is 3. The van der Waals surface area contributed by atoms with Gasteiger partial charge in [0, 0.05) is 31.5 Å². The fourth-order valence-electron chi connectivity index (χ4n) is 4.83. The number of aliphatic hydroxyl groups is 1. The number of thioether (sulfide) groups is 1. The fourth-order valence-corrected chi connectivity index (χ4v) is 5.59. The number of methoxy groups -OCH3 is 1. The molecule has 0 spiro atoms. The summed E-state index contributed by atoms with van der Waals surface area (Å²) < 4.78 is 11.7. The summed E-state index contributed by atoms with van der Waals surface area (Å²) in [6.07, 6.45) is 6.03. The van der Waals surface area contributed by atoms with Crippen LogP contribution in [0.3, 0.4) is 0 Å². The molecule has 0 saturated carbocycles. The average Bonchev–Trinajstić information content (AvgIpc) is 2.91. The van der Waals surface area contributed by atoms with Crippen LogP contribution in [0, 0.1) is 0 Å². The quantitative estimate of drug-likeness (QED) is 0.400. The largest absolute Gasteiger partial charge is 0.481 e. The van der Waals surface area contributed by atoms with Gasteiger partial charge in [0.15, 0.2) is 0 Å². The number of nitrogens with one attached hydrogen (secondary N) is 2. The minimum absolute atomic E-state index is 0.0190. The minimum atomic E-state index is -0.0750. The lowest BCUT2D eigenvalue weighted by Crippen LogP contribution is -2.47. The summed E-state index contributed by atoms with van der Waals surface area (Å²) in [7, 11) is 1.62. The molecular weight excluding hydrogens is 478 g/mol. The molecule has 2 aliphatic rings. The van der Waals surface area contributed by atoms with E-state index < -0.39 is 0 Å². The van der Waals surface area contributed by atoms with E-state index in [1.54, 1.807) is 7.11 Å². The normalized spacial score (nSPS) is 21.7. The molecule has 10 heteroatoms. The standard InChI is InChI=1S/C26H31N5O4S/c1-34-24-9-7-20-25(31-24)16(10-12-27-20)2-4-18-5-6-19(21(35-18)11-13-32)28-14-17-3-8-22-26(29-17)30-23(33)15-36-22/h3,7-10,12,18-19,21,28,32H,2,4-6,11,13-15H2,1H3,(H,29,30,33)/t18-,19-,21-/m1/s1. The van der Waals surface area contributed by atoms with E-state index in [1.165, 1.54) is 11.8 Å². The molecule has 3 aromatic heterocycles. The fraction of sp³-hybridized carbons (Fsp3) is 0.462. The van der Waals surface area contributed by atoms with Crippen LogP contribution in [0.4, 0.5) is 5.82 Å². The number of hydrogen-bond acceptors (Lipinski definition) is 9. The van der Waals surface area contributed by atoms with Gasteiger partial charge >= 0.3 is 0 Å². The number of nitrogens with zero attached hydrogens (tertiary/aromatic N) is 3. The molecule has 1 amide bonds. The number of ether oxygens (including phenoxy) is 2. The Labute approximate surface area is 214 Å². The third kappa shape index (κ3) is 5.78. The SMILES string of the molecule is COc1ccc2nccc(CC[C@@H]3CC[C@@H](NCc4ccc5c(n4)NC(=O)CS5)[C@@H](CCO)O3)c2n1. The van der Waals surface area contributed by atoms with Gasteiger partial charge in [-0.05, 0) is 61.9 Å². The van der Waals surface area contributed by atoms with E-state index >= 15 is 0 Å². The molecule has 0 aliphatic carbocycles. The molecule has 1 saturated heterocycles. The second-order valence-corrected chi connectivity index (χ2v) is 10.1. The Morgan fingerprint density at radius 2 is 2.11 bits per heavy atom. The summed E-state index contributed by atoms with van der Waals surface area (Å²) in [5.41, 5.74) is 3.72. The van der Waals surface area contributed by atoms with Gasteiger partial charge in [-0.3, -0.25) is 9.78 Å². The number of carbonyl (C=O) groups is 1. The summed E-state index contributed by atoms with van der Waals surface area (Å²) in [6.45, 7) is 0.652. The molecule has 3 atom stereocenters. The van der Waals surface area contributed by atoms with Crippen LogP contribution in [0.1, 0.15) is 36.9 Å². The third-order valence-corrected chi connectivity index (χ3v) is 7.74. The Morgan fingerprint density at radius 1 is 1.19 bits per heavy atom. The van der Waals surface area contributed by atoms with E-state index in [2.05, 4.69) is 25.6 Å². The molecule has 190 valence electrons. The zero-order valence-electron chi connectivity index (χ0n) is 20.3. The minimum Gasteiger partial charge on any atom is -0.481 e. The number of pyridine rings is 3. The molecule has 0 unspecified atom stereocenters. The van der Waals surface area contributed by atoms with Crippen molar-refractivity contribution in [2.75, 3.05) is 24.8 Å². The van der Waals surface area contributed by atoms with Gasteiger partial charge in [-0.25, -0.2) is 9.97 Å². The summed E-state index contributed by atoms with van der Waals surface area (Å²) in [6, 6.07) is 9.90. The average molecular weight is 510 g/mol. The molecule has 0 radical (unpaired) electrons. The van der Waals surface area contributed by atoms with E-state index in [0.717, 1.165) is 52.9 Å². The summed E-state index contributed by atoms with van der Waals surface area (Å²) in [5, 5.41) is 16.1. The van der Waals surface area contributed by atoms with Gasteiger partial charge in [-0.15, -0.1) is 11.8 Å². The van der Waals surface area contributed by atoms with Crippen LogP contribution in [0.15, 0.2) is 41.4 Å². The van der Waals surface area contributed by atoms with Gasteiger partial charge in [0.25, 0.3) is 0 Å². The molecule has 2 aliphatic heterocycles. The number of amides is 1. The molecule has 0 aromatic carbocycles. The number of carbonyl (C=O) groups excluding carboxylic acids is 1. The van der Waals surface area contributed by atoms with E-state index in [-0.39, 0.29) is 30.8 Å². The van der Waals surface area contributed by atoms with Crippen LogP contribution in [-0.2, 0) is 22.5 Å². The van der Waals surface area contributed by atoms with Gasteiger partial charge in [0.1, 0.15) is 5.82 Å². The van der Waals surface area contributed by atoms with Crippen LogP contribution in [0.2, 0.25) is 0 Å². The van der Waals surface area contributed by atoms with Crippen LogP contribution in [0.25, 0.3) is 11.0 Å². The van der Waals surface area contributed by atoms with Crippen molar-refractivity contribution in [3.8, 4) is 5.88 Å². The zero-order chi connectivity index (χ0) is 24.9. The van der Waals surface area contributed by atoms with Gasteiger partial charge in [0.2, 0.25) is 11.8 Å². The highest BCUT2D eigenvalue weighted by Gasteiger charge is 2.31. The molecule has 3 aromatic rings. The maximum Gasteiger partial charge on any atom is 0.235 e. The Hall–Kier alpha value is -2.79. The first kappa shape index (κ1) is 24.9. The van der Waals surface area contributed by atoms with Crippen molar-refractivity contribution in [3.05, 3.63) is 47.8 Å². The van der Waals surface area contributed by atoms with E-state index in [9.17, 15) is 9.90 Å². The number of aryl methyl sites for hydroxylation is 1. The Kier molecular flexibility index (Phi) is 7.96. The van der Waals surface area contributed by atoms with Gasteiger partial charge < -0.3 is 25.2 Å². The predicted molar refractivity (Wildman–Crippen MR) is 138 cm³/mol. The lowest BCUT2D eigenvalue weighted by molar-refractivity contribution is -0.113. The zero-order valence-corrected chi connectivity index (χ0v) is 21.1. The highest BCUT2D eigenvalue weighted by atomic mass is 32.2. The van der Waals surface area contributed by atoms with Crippen LogP contribution >= 0.6 is 11.8 Å². The maximum atomic E-state index is 11.7. The van der Waals surface area contributed by atoms with Crippen molar-refractivity contribution in [1.82, 2.24) is 20.3 Å². The highest BCUT2D eigenvalue weighted by molar-refractivity contribution is 8.00. The molecule has 9 nitrogen and oxygen atoms in total. The van der Waals surface area contributed by atoms with E-state index in [4.69, 9.17) is 9.47 Å². The summed E-state index contributed by atoms with van der Waals surface area (Å²) in [5.74, 6) is 1.63. The lowest BCUT2D eigenvalue weighted by atomic mass is 9.93. The Balaban J connectivity index is 1.19. The first-order chi connectivity index (χ1) is 17.6. The maximum absolute atomic E-state index is 11.7. The Bertz CT molecular complexity index is 1230. The van der Waals surface area contributed by atoms with E-state index in [1.807, 2.05) is 36.5 Å². The van der Waals surface area contributed by atoms with Crippen molar-refractivity contribution in [2.24, 2.45) is 0 Å². The van der Waals surface area contributed by atoms with E-state index in [0.29, 0.717) is 30.4 Å². The van der Waals surface area contributed by atoms with Crippen molar-refractivity contribution in [3.63, 3.8) is 0 Å². The molecule has 0 bridgehead atoms. The molecule has 36 heavy (non-hydrogen) atoms. The smallest absolute Gasteiger partial charge is 0.235 e. The highest BCUT2D eigenvalue weighted by Crippen LogP contribution is 2.30. The first-order valence-electron chi connectivity index (χ1n) is 12.3. The summed E-state index contributed by atoms with van der Waals surface area (Å²) >= 11 is 1.51. The first-order valence-corrected chi connectivity index (χ1v) is 13.3. The van der Waals surface area contributed by atoms with Crippen molar-refractivity contribution in [1.29, 1.82) is 0 Å². The number of anilines is 1.